The third-order valence-electron chi connectivity index (χ3n) is 4.69. The van der Waals surface area contributed by atoms with Crippen LogP contribution in [0.15, 0.2) is 36.4 Å². The first-order valence-electron chi connectivity index (χ1n) is 12.8. The smallest absolute Gasteiger partial charge is 0.238 e. The lowest BCUT2D eigenvalue weighted by molar-refractivity contribution is 0.134. The Balaban J connectivity index is -0.000000422. The summed E-state index contributed by atoms with van der Waals surface area (Å²) in [5.74, 6) is 0.928. The van der Waals surface area contributed by atoms with Crippen molar-refractivity contribution in [2.45, 2.75) is 93.4 Å². The Morgan fingerprint density at radius 2 is 1.47 bits per heavy atom. The molecule has 2 rings (SSSR count). The highest BCUT2D eigenvalue weighted by Gasteiger charge is 2.08. The SMILES string of the molecule is CCC.CCCCC(F)F.CCc1ccc(N)c(C)c1C(C)=N.CCc1ccc(OC)cc1.CSC. The van der Waals surface area contributed by atoms with Gasteiger partial charge in [-0.2, -0.15) is 11.8 Å². The molecule has 0 saturated heterocycles. The lowest BCUT2D eigenvalue weighted by Crippen LogP contribution is -2.04. The molecule has 0 amide bonds. The van der Waals surface area contributed by atoms with Crippen LogP contribution in [0.4, 0.5) is 14.5 Å². The summed E-state index contributed by atoms with van der Waals surface area (Å²) in [5, 5.41) is 7.66. The largest absolute Gasteiger partial charge is 0.497 e. The summed E-state index contributed by atoms with van der Waals surface area (Å²) in [7, 11) is 1.68. The zero-order valence-electron chi connectivity index (χ0n) is 24.4. The van der Waals surface area contributed by atoms with Crippen molar-refractivity contribution in [1.29, 1.82) is 5.41 Å². The van der Waals surface area contributed by atoms with E-state index < -0.39 is 6.43 Å². The molecule has 0 saturated carbocycles. The molecule has 0 heterocycles. The van der Waals surface area contributed by atoms with E-state index in [1.165, 1.54) is 17.5 Å². The van der Waals surface area contributed by atoms with Crippen molar-refractivity contribution in [3.63, 3.8) is 0 Å². The predicted octanol–water partition coefficient (Wildman–Crippen LogP) is 9.62. The second-order valence-electron chi connectivity index (χ2n) is 8.14. The zero-order chi connectivity index (χ0) is 28.5. The van der Waals surface area contributed by atoms with Gasteiger partial charge < -0.3 is 15.9 Å². The summed E-state index contributed by atoms with van der Waals surface area (Å²) in [6.07, 6.45) is 6.86. The predicted molar refractivity (Wildman–Crippen MR) is 161 cm³/mol. The van der Waals surface area contributed by atoms with Gasteiger partial charge >= 0.3 is 0 Å². The number of alkyl halides is 2. The number of benzene rings is 2. The number of hydrogen-bond acceptors (Lipinski definition) is 4. The summed E-state index contributed by atoms with van der Waals surface area (Å²) in [6, 6.07) is 12.1. The minimum atomic E-state index is -2.10. The maximum Gasteiger partial charge on any atom is 0.238 e. The number of unbranched alkanes of at least 4 members (excludes halogenated alkanes) is 1. The van der Waals surface area contributed by atoms with Crippen LogP contribution in [0.3, 0.4) is 0 Å². The molecule has 2 aromatic rings. The second-order valence-corrected chi connectivity index (χ2v) is 8.96. The molecule has 0 bridgehead atoms. The number of aryl methyl sites for hydroxylation is 2. The molecule has 3 nitrogen and oxygen atoms in total. The molecule has 0 atom stereocenters. The highest BCUT2D eigenvalue weighted by molar-refractivity contribution is 7.97. The summed E-state index contributed by atoms with van der Waals surface area (Å²) in [4.78, 5) is 0. The van der Waals surface area contributed by atoms with Crippen molar-refractivity contribution < 1.29 is 13.5 Å². The Hall–Kier alpha value is -2.08. The van der Waals surface area contributed by atoms with Gasteiger partial charge in [0.05, 0.1) is 7.11 Å². The fraction of sp³-hybridized carbons (Fsp3) is 0.567. The highest BCUT2D eigenvalue weighted by atomic mass is 32.2. The summed E-state index contributed by atoms with van der Waals surface area (Å²) >= 11 is 1.75. The van der Waals surface area contributed by atoms with Crippen LogP contribution in [0.5, 0.6) is 5.75 Å². The molecule has 2 aromatic carbocycles. The number of nitrogens with one attached hydrogen (secondary N) is 1. The fourth-order valence-corrected chi connectivity index (χ4v) is 2.82. The Labute approximate surface area is 225 Å². The molecule has 0 spiro atoms. The lowest BCUT2D eigenvalue weighted by atomic mass is 9.95. The van der Waals surface area contributed by atoms with Gasteiger partial charge in [-0.25, -0.2) is 8.78 Å². The normalized spacial score (nSPS) is 9.25. The first-order valence-corrected chi connectivity index (χ1v) is 14.4. The molecule has 0 aliphatic heterocycles. The first kappa shape index (κ1) is 38.5. The Kier molecular flexibility index (Phi) is 27.8. The minimum absolute atomic E-state index is 0.0660. The van der Waals surface area contributed by atoms with Crippen LogP contribution >= 0.6 is 11.8 Å². The number of rotatable bonds is 7. The highest BCUT2D eigenvalue weighted by Crippen LogP contribution is 2.21. The van der Waals surface area contributed by atoms with Crippen molar-refractivity contribution >= 4 is 23.2 Å². The molecule has 36 heavy (non-hydrogen) atoms. The number of halogens is 2. The van der Waals surface area contributed by atoms with Crippen LogP contribution in [-0.4, -0.2) is 31.8 Å². The van der Waals surface area contributed by atoms with Gasteiger partial charge in [0.2, 0.25) is 6.43 Å². The van der Waals surface area contributed by atoms with E-state index in [0.29, 0.717) is 12.1 Å². The van der Waals surface area contributed by atoms with Crippen molar-refractivity contribution in [2.24, 2.45) is 0 Å². The van der Waals surface area contributed by atoms with Gasteiger partial charge in [-0.05, 0) is 80.5 Å². The van der Waals surface area contributed by atoms with Crippen LogP contribution in [0, 0.1) is 12.3 Å². The molecule has 0 fully saturated rings. The van der Waals surface area contributed by atoms with Gasteiger partial charge in [0.25, 0.3) is 0 Å². The van der Waals surface area contributed by atoms with E-state index in [1.54, 1.807) is 25.8 Å². The van der Waals surface area contributed by atoms with Crippen LogP contribution in [-0.2, 0) is 12.8 Å². The van der Waals surface area contributed by atoms with Crippen LogP contribution in [0.25, 0.3) is 0 Å². The van der Waals surface area contributed by atoms with E-state index in [1.807, 2.05) is 50.6 Å². The van der Waals surface area contributed by atoms with Crippen LogP contribution in [0.2, 0.25) is 0 Å². The van der Waals surface area contributed by atoms with E-state index in [4.69, 9.17) is 15.9 Å². The summed E-state index contributed by atoms with van der Waals surface area (Å²) in [6.45, 7) is 14.2. The first-order chi connectivity index (χ1) is 17.0. The maximum atomic E-state index is 11.2. The molecule has 0 radical (unpaired) electrons. The Morgan fingerprint density at radius 1 is 0.972 bits per heavy atom. The molecule has 0 unspecified atom stereocenters. The molecule has 0 aliphatic rings. The molecular weight excluding hydrogens is 474 g/mol. The second kappa shape index (κ2) is 26.0. The quantitative estimate of drug-likeness (QED) is 0.279. The number of hydrogen-bond donors (Lipinski definition) is 2. The van der Waals surface area contributed by atoms with E-state index in [9.17, 15) is 8.78 Å². The molecule has 3 N–H and O–H groups in total. The number of methoxy groups -OCH3 is 1. The van der Waals surface area contributed by atoms with E-state index in [0.717, 1.165) is 41.8 Å². The Bertz CT molecular complexity index is 756. The van der Waals surface area contributed by atoms with Gasteiger partial charge in [-0.3, -0.25) is 0 Å². The number of nitrogens with two attached hydrogens (primary N) is 1. The summed E-state index contributed by atoms with van der Waals surface area (Å²) in [5.41, 5.74) is 11.8. The third kappa shape index (κ3) is 20.1. The molecule has 208 valence electrons. The average molecular weight is 527 g/mol. The van der Waals surface area contributed by atoms with Crippen molar-refractivity contribution in [1.82, 2.24) is 0 Å². The summed E-state index contributed by atoms with van der Waals surface area (Å²) < 4.78 is 27.5. The van der Waals surface area contributed by atoms with E-state index in [-0.39, 0.29) is 6.42 Å². The minimum Gasteiger partial charge on any atom is -0.497 e. The fourth-order valence-electron chi connectivity index (χ4n) is 2.82. The van der Waals surface area contributed by atoms with Gasteiger partial charge in [-0.15, -0.1) is 0 Å². The molecule has 6 heteroatoms. The van der Waals surface area contributed by atoms with E-state index in [2.05, 4.69) is 39.8 Å². The van der Waals surface area contributed by atoms with Crippen LogP contribution < -0.4 is 10.5 Å². The average Bonchev–Trinajstić information content (AvgIpc) is 2.85. The maximum absolute atomic E-state index is 11.2. The lowest BCUT2D eigenvalue weighted by Gasteiger charge is -2.11. The molecule has 0 aliphatic carbocycles. The Morgan fingerprint density at radius 3 is 1.78 bits per heavy atom. The number of anilines is 1. The third-order valence-corrected chi connectivity index (χ3v) is 4.69. The number of nitrogen functional groups attached to an aromatic ring is 1. The molecular formula is C30H52F2N2OS. The van der Waals surface area contributed by atoms with Crippen molar-refractivity contribution in [2.75, 3.05) is 25.4 Å². The standard InChI is InChI=1S/C11H16N2.C9H12O.C5H10F2.C3H8.C2H6S/c1-4-9-5-6-10(13)7(2)11(9)8(3)12;1-3-8-4-6-9(10-2)7-5-8;1-2-3-4-5(6)7;2*1-3-2/h5-6,12H,4,13H2,1-3H3;4-7H,3H2,1-2H3;5H,2-4H2,1H3;3H2,1-2H3;1-2H3. The van der Waals surface area contributed by atoms with Gasteiger partial charge in [0, 0.05) is 23.4 Å². The van der Waals surface area contributed by atoms with Crippen molar-refractivity contribution in [3.05, 3.63) is 58.7 Å². The zero-order valence-corrected chi connectivity index (χ0v) is 25.3. The van der Waals surface area contributed by atoms with Gasteiger partial charge in [0.1, 0.15) is 5.75 Å². The van der Waals surface area contributed by atoms with Crippen LogP contribution in [0.1, 0.15) is 89.5 Å². The van der Waals surface area contributed by atoms with Crippen molar-refractivity contribution in [3.8, 4) is 5.75 Å². The number of thioether (sulfide) groups is 1. The topological polar surface area (TPSA) is 59.1 Å². The van der Waals surface area contributed by atoms with Gasteiger partial charge in [0.15, 0.2) is 0 Å². The van der Waals surface area contributed by atoms with Gasteiger partial charge in [-0.1, -0.05) is 65.7 Å². The monoisotopic (exact) mass is 526 g/mol. The number of ether oxygens (including phenoxy) is 1. The van der Waals surface area contributed by atoms with E-state index >= 15 is 0 Å². The molecule has 0 aromatic heterocycles.